The molecule has 10 nitrogen and oxygen atoms in total. The summed E-state index contributed by atoms with van der Waals surface area (Å²) in [5.41, 5.74) is 0. The Labute approximate surface area is 113 Å². The van der Waals surface area contributed by atoms with E-state index >= 15 is 0 Å². The molecule has 2 unspecified atom stereocenters. The van der Waals surface area contributed by atoms with Crippen LogP contribution in [0.2, 0.25) is 0 Å². The Morgan fingerprint density at radius 2 is 1.95 bits per heavy atom. The number of hydrogen-bond acceptors (Lipinski definition) is 10. The van der Waals surface area contributed by atoms with Crippen LogP contribution in [0.5, 0.6) is 0 Å². The van der Waals surface area contributed by atoms with Gasteiger partial charge in [-0.2, -0.15) is 0 Å². The lowest BCUT2D eigenvalue weighted by molar-refractivity contribution is -0.328. The second-order valence-corrected chi connectivity index (χ2v) is 4.37. The second kappa shape index (κ2) is 6.43. The van der Waals surface area contributed by atoms with E-state index in [1.807, 2.05) is 0 Å². The van der Waals surface area contributed by atoms with Crippen molar-refractivity contribution in [3.8, 4) is 0 Å². The van der Waals surface area contributed by atoms with Crippen LogP contribution in [0.3, 0.4) is 0 Å². The van der Waals surface area contributed by atoms with E-state index in [4.69, 9.17) is 9.84 Å². The third kappa shape index (κ3) is 3.85. The Hall–Kier alpha value is -1.30. The van der Waals surface area contributed by atoms with Crippen molar-refractivity contribution >= 4 is 11.9 Å². The Balaban J connectivity index is 2.54. The minimum atomic E-state index is -2.49. The largest absolute Gasteiger partial charge is 0.388 e. The molecule has 1 saturated heterocycles. The number of aliphatic hydroxyl groups is 5. The van der Waals surface area contributed by atoms with Crippen LogP contribution in [0, 0.1) is 0 Å². The first-order valence-corrected chi connectivity index (χ1v) is 5.67. The van der Waals surface area contributed by atoms with Gasteiger partial charge in [-0.05, 0) is 6.92 Å². The van der Waals surface area contributed by atoms with Gasteiger partial charge in [-0.15, -0.1) is 0 Å². The highest BCUT2D eigenvalue weighted by atomic mass is 17.2. The number of aliphatic hydroxyl groups excluding tert-OH is 4. The van der Waals surface area contributed by atoms with Gasteiger partial charge in [0.15, 0.2) is 6.10 Å². The van der Waals surface area contributed by atoms with Gasteiger partial charge < -0.3 is 30.3 Å². The highest BCUT2D eigenvalue weighted by Gasteiger charge is 2.50. The monoisotopic (exact) mass is 296 g/mol. The maximum Gasteiger partial charge on any atom is 0.383 e. The van der Waals surface area contributed by atoms with E-state index in [0.29, 0.717) is 0 Å². The topological polar surface area (TPSA) is 163 Å². The van der Waals surface area contributed by atoms with Crippen LogP contribution in [0.15, 0.2) is 0 Å². The molecule has 0 bridgehead atoms. The average Bonchev–Trinajstić information content (AvgIpc) is 2.38. The van der Waals surface area contributed by atoms with Crippen LogP contribution < -0.4 is 0 Å². The van der Waals surface area contributed by atoms with Gasteiger partial charge in [-0.3, -0.25) is 0 Å². The summed E-state index contributed by atoms with van der Waals surface area (Å²) in [5, 5.41) is 46.7. The Morgan fingerprint density at radius 1 is 1.35 bits per heavy atom. The molecule has 0 aromatic rings. The van der Waals surface area contributed by atoms with E-state index in [2.05, 4.69) is 9.78 Å². The Kier molecular flexibility index (Phi) is 5.39. The molecule has 0 aromatic heterocycles. The van der Waals surface area contributed by atoms with E-state index in [-0.39, 0.29) is 0 Å². The second-order valence-electron chi connectivity index (χ2n) is 4.37. The fraction of sp³-hybridized carbons (Fsp3) is 0.800. The van der Waals surface area contributed by atoms with Crippen molar-refractivity contribution in [3.63, 3.8) is 0 Å². The molecule has 5 N–H and O–H groups in total. The first-order chi connectivity index (χ1) is 9.17. The predicted octanol–water partition coefficient (Wildman–Crippen LogP) is -3.44. The van der Waals surface area contributed by atoms with Crippen molar-refractivity contribution in [2.24, 2.45) is 0 Å². The maximum absolute atomic E-state index is 11.3. The molecule has 0 aromatic carbocycles. The van der Waals surface area contributed by atoms with Crippen LogP contribution in [0.4, 0.5) is 0 Å². The van der Waals surface area contributed by atoms with Crippen molar-refractivity contribution < 1.29 is 49.6 Å². The molecule has 0 spiro atoms. The molecule has 0 amide bonds. The number of rotatable bonds is 3. The first kappa shape index (κ1) is 16.8. The quantitative estimate of drug-likeness (QED) is 0.261. The van der Waals surface area contributed by atoms with Gasteiger partial charge >= 0.3 is 11.9 Å². The van der Waals surface area contributed by atoms with Crippen LogP contribution in [0.25, 0.3) is 0 Å². The van der Waals surface area contributed by atoms with Gasteiger partial charge in [0.25, 0.3) is 0 Å². The molecule has 10 heteroatoms. The Morgan fingerprint density at radius 3 is 2.50 bits per heavy atom. The van der Waals surface area contributed by atoms with E-state index in [1.165, 1.54) is 0 Å². The zero-order valence-corrected chi connectivity index (χ0v) is 10.5. The summed E-state index contributed by atoms with van der Waals surface area (Å²) in [6, 6.07) is 0. The van der Waals surface area contributed by atoms with Crippen LogP contribution in [-0.2, 0) is 24.1 Å². The molecule has 1 rings (SSSR count). The van der Waals surface area contributed by atoms with E-state index in [1.54, 1.807) is 0 Å². The summed E-state index contributed by atoms with van der Waals surface area (Å²) in [6.45, 7) is 0.560. The fourth-order valence-corrected chi connectivity index (χ4v) is 1.44. The van der Waals surface area contributed by atoms with Gasteiger partial charge in [-0.1, -0.05) is 0 Å². The third-order valence-electron chi connectivity index (χ3n) is 2.64. The van der Waals surface area contributed by atoms with E-state index in [9.17, 15) is 30.0 Å². The van der Waals surface area contributed by atoms with Gasteiger partial charge in [0.1, 0.15) is 24.7 Å². The summed E-state index contributed by atoms with van der Waals surface area (Å²) < 4.78 is 4.69. The van der Waals surface area contributed by atoms with E-state index in [0.717, 1.165) is 6.92 Å². The number of ether oxygens (including phenoxy) is 1. The zero-order valence-electron chi connectivity index (χ0n) is 10.5. The molecule has 1 aliphatic rings. The Bertz CT molecular complexity index is 369. The predicted molar refractivity (Wildman–Crippen MR) is 57.4 cm³/mol. The van der Waals surface area contributed by atoms with Gasteiger partial charge in [0, 0.05) is 0 Å². The molecule has 0 aliphatic carbocycles. The number of carbonyl (C=O) groups is 2. The van der Waals surface area contributed by atoms with Crippen molar-refractivity contribution in [2.45, 2.75) is 43.5 Å². The summed E-state index contributed by atoms with van der Waals surface area (Å²) >= 11 is 0. The molecule has 20 heavy (non-hydrogen) atoms. The molecular weight excluding hydrogens is 280 g/mol. The molecule has 1 heterocycles. The highest BCUT2D eigenvalue weighted by Crippen LogP contribution is 2.27. The normalized spacial score (nSPS) is 35.2. The average molecular weight is 296 g/mol. The lowest BCUT2D eigenvalue weighted by Crippen LogP contribution is -2.61. The molecular formula is C10H16O10. The van der Waals surface area contributed by atoms with Crippen molar-refractivity contribution in [1.29, 1.82) is 0 Å². The minimum Gasteiger partial charge on any atom is -0.388 e. The zero-order chi connectivity index (χ0) is 15.5. The van der Waals surface area contributed by atoms with Gasteiger partial charge in [0.05, 0.1) is 6.61 Å². The van der Waals surface area contributed by atoms with Crippen molar-refractivity contribution in [1.82, 2.24) is 0 Å². The molecule has 116 valence electrons. The number of hydrogen-bond donors (Lipinski definition) is 5. The minimum absolute atomic E-state index is 0.518. The first-order valence-electron chi connectivity index (χ1n) is 5.67. The molecule has 0 radical (unpaired) electrons. The van der Waals surface area contributed by atoms with Crippen molar-refractivity contribution in [3.05, 3.63) is 0 Å². The summed E-state index contributed by atoms with van der Waals surface area (Å²) in [5.74, 6) is -5.01. The van der Waals surface area contributed by atoms with Crippen molar-refractivity contribution in [2.75, 3.05) is 6.61 Å². The molecule has 1 fully saturated rings. The highest BCUT2D eigenvalue weighted by molar-refractivity contribution is 5.75. The third-order valence-corrected chi connectivity index (χ3v) is 2.64. The van der Waals surface area contributed by atoms with E-state index < -0.39 is 55.2 Å². The van der Waals surface area contributed by atoms with Crippen LogP contribution >= 0.6 is 0 Å². The number of carbonyl (C=O) groups excluding carboxylic acids is 2. The lowest BCUT2D eigenvalue weighted by Gasteiger charge is -2.40. The smallest absolute Gasteiger partial charge is 0.383 e. The fourth-order valence-electron chi connectivity index (χ4n) is 1.44. The SMILES string of the molecule is CC(O)C(=O)OOC(=O)CC1(O)OC[C@@H](O)[C@H](O)[C@H]1O. The molecule has 0 saturated carbocycles. The molecule has 1 aliphatic heterocycles. The summed E-state index contributed by atoms with van der Waals surface area (Å²) in [4.78, 5) is 30.1. The van der Waals surface area contributed by atoms with Crippen LogP contribution in [0.1, 0.15) is 13.3 Å². The van der Waals surface area contributed by atoms with Crippen LogP contribution in [-0.4, -0.2) is 74.3 Å². The lowest BCUT2D eigenvalue weighted by atomic mass is 9.94. The standard InChI is InChI=1S/C10H16O10/c1-4(11)9(16)20-19-6(13)2-10(17)8(15)7(14)5(12)3-18-10/h4-5,7-8,11-12,14-15,17H,2-3H2,1H3/t4?,5-,7+,8-,10?/m1/s1. The maximum atomic E-state index is 11.3. The summed E-state index contributed by atoms with van der Waals surface area (Å²) in [7, 11) is 0. The van der Waals surface area contributed by atoms with Gasteiger partial charge in [0.2, 0.25) is 5.79 Å². The van der Waals surface area contributed by atoms with Gasteiger partial charge in [-0.25, -0.2) is 19.4 Å². The summed E-state index contributed by atoms with van der Waals surface area (Å²) in [6.07, 6.45) is -7.59. The molecule has 5 atom stereocenters.